The number of nitrogens with one attached hydrogen (secondary N) is 1. The molecule has 47 heavy (non-hydrogen) atoms. The molecule has 0 aromatic heterocycles. The number of unbranched alkanes of at least 4 members (excludes halogenated alkanes) is 15. The Bertz CT molecular complexity index is 847. The molecular formula is C37H74N2O7P+. The molecule has 278 valence electrons. The zero-order valence-electron chi connectivity index (χ0n) is 30.9. The van der Waals surface area contributed by atoms with Crippen molar-refractivity contribution in [1.82, 2.24) is 5.32 Å². The molecule has 4 unspecified atom stereocenters. The summed E-state index contributed by atoms with van der Waals surface area (Å²) in [7, 11) is 1.41. The lowest BCUT2D eigenvalue weighted by atomic mass is 10.0. The van der Waals surface area contributed by atoms with Crippen LogP contribution in [0.5, 0.6) is 0 Å². The number of likely N-dealkylation sites (N-methyl/N-ethyl adjacent to an activating group) is 1. The highest BCUT2D eigenvalue weighted by atomic mass is 31.2. The Balaban J connectivity index is 4.72. The molecule has 0 fully saturated rings. The Morgan fingerprint density at radius 3 is 1.77 bits per heavy atom. The van der Waals surface area contributed by atoms with Gasteiger partial charge < -0.3 is 24.9 Å². The summed E-state index contributed by atoms with van der Waals surface area (Å²) in [6, 6.07) is -1.05. The fourth-order valence-electron chi connectivity index (χ4n) is 5.16. The summed E-state index contributed by atoms with van der Waals surface area (Å²) in [5.74, 6) is -0.276. The fraction of sp³-hybridized carbons (Fsp3) is 0.865. The van der Waals surface area contributed by atoms with Crippen molar-refractivity contribution < 1.29 is 38.0 Å². The topological polar surface area (TPSA) is 125 Å². The molecule has 0 bridgehead atoms. The van der Waals surface area contributed by atoms with Gasteiger partial charge in [0.25, 0.3) is 0 Å². The van der Waals surface area contributed by atoms with E-state index in [0.717, 1.165) is 44.9 Å². The zero-order valence-corrected chi connectivity index (χ0v) is 31.8. The van der Waals surface area contributed by atoms with Gasteiger partial charge in [0.05, 0.1) is 39.9 Å². The summed E-state index contributed by atoms with van der Waals surface area (Å²) >= 11 is 0. The molecule has 0 aliphatic rings. The lowest BCUT2D eigenvalue weighted by Crippen LogP contribution is -2.51. The Morgan fingerprint density at radius 2 is 1.21 bits per heavy atom. The third-order valence-electron chi connectivity index (χ3n) is 8.27. The van der Waals surface area contributed by atoms with Crippen LogP contribution in [0.25, 0.3) is 0 Å². The maximum Gasteiger partial charge on any atom is 0.472 e. The maximum absolute atomic E-state index is 12.8. The van der Waals surface area contributed by atoms with Crippen LogP contribution < -0.4 is 5.32 Å². The lowest BCUT2D eigenvalue weighted by molar-refractivity contribution is -0.870. The van der Waals surface area contributed by atoms with E-state index >= 15 is 0 Å². The van der Waals surface area contributed by atoms with E-state index in [2.05, 4.69) is 43.5 Å². The predicted octanol–water partition coefficient (Wildman–Crippen LogP) is 8.38. The van der Waals surface area contributed by atoms with Gasteiger partial charge in [0.2, 0.25) is 5.91 Å². The molecule has 0 aliphatic heterocycles. The van der Waals surface area contributed by atoms with E-state index in [1.165, 1.54) is 70.6 Å². The Morgan fingerprint density at radius 1 is 0.723 bits per heavy atom. The molecule has 0 aromatic rings. The van der Waals surface area contributed by atoms with Gasteiger partial charge in [-0.15, -0.1) is 0 Å². The third-order valence-corrected chi connectivity index (χ3v) is 9.26. The lowest BCUT2D eigenvalue weighted by Gasteiger charge is -2.28. The van der Waals surface area contributed by atoms with Crippen molar-refractivity contribution in [3.63, 3.8) is 0 Å². The van der Waals surface area contributed by atoms with Gasteiger partial charge in [-0.05, 0) is 51.4 Å². The second kappa shape index (κ2) is 29.8. The second-order valence-corrected chi connectivity index (χ2v) is 15.5. The van der Waals surface area contributed by atoms with Gasteiger partial charge in [-0.25, -0.2) is 4.57 Å². The first-order valence-corrected chi connectivity index (χ1v) is 20.3. The van der Waals surface area contributed by atoms with E-state index in [1.807, 2.05) is 21.1 Å². The highest BCUT2D eigenvalue weighted by molar-refractivity contribution is 7.47. The number of rotatable bonds is 33. The first-order valence-electron chi connectivity index (χ1n) is 18.8. The predicted molar refractivity (Wildman–Crippen MR) is 195 cm³/mol. The van der Waals surface area contributed by atoms with E-state index in [4.69, 9.17) is 9.05 Å². The van der Waals surface area contributed by atoms with Crippen molar-refractivity contribution in [2.75, 3.05) is 40.9 Å². The number of aliphatic hydroxyl groups excluding tert-OH is 2. The molecule has 0 spiro atoms. The quantitative estimate of drug-likeness (QED) is 0.0236. The van der Waals surface area contributed by atoms with Crippen molar-refractivity contribution in [3.05, 3.63) is 24.3 Å². The number of carbonyl (C=O) groups is 1. The molecule has 4 atom stereocenters. The Labute approximate surface area is 288 Å². The van der Waals surface area contributed by atoms with E-state index in [1.54, 1.807) is 0 Å². The highest BCUT2D eigenvalue weighted by Crippen LogP contribution is 2.43. The Hall–Kier alpha value is -1.06. The van der Waals surface area contributed by atoms with Crippen molar-refractivity contribution in [2.45, 2.75) is 167 Å². The third kappa shape index (κ3) is 30.7. The minimum absolute atomic E-state index is 0.0150. The van der Waals surface area contributed by atoms with E-state index in [9.17, 15) is 24.5 Å². The number of phosphoric acid groups is 1. The number of phosphoric ester groups is 1. The molecule has 4 N–H and O–H groups in total. The van der Waals surface area contributed by atoms with Gasteiger partial charge in [0, 0.05) is 6.42 Å². The number of amides is 1. The van der Waals surface area contributed by atoms with Crippen LogP contribution in [0.4, 0.5) is 0 Å². The van der Waals surface area contributed by atoms with E-state index in [0.29, 0.717) is 23.9 Å². The zero-order chi connectivity index (χ0) is 35.2. The molecule has 0 saturated carbocycles. The van der Waals surface area contributed by atoms with Gasteiger partial charge >= 0.3 is 7.82 Å². The maximum atomic E-state index is 12.8. The van der Waals surface area contributed by atoms with E-state index < -0.39 is 32.7 Å². The molecule has 0 rings (SSSR count). The van der Waals surface area contributed by atoms with Crippen molar-refractivity contribution in [3.8, 4) is 0 Å². The van der Waals surface area contributed by atoms with Gasteiger partial charge in [-0.2, -0.15) is 0 Å². The van der Waals surface area contributed by atoms with Gasteiger partial charge in [0.15, 0.2) is 0 Å². The van der Waals surface area contributed by atoms with Crippen molar-refractivity contribution in [1.29, 1.82) is 0 Å². The number of aliphatic hydroxyl groups is 2. The second-order valence-electron chi connectivity index (χ2n) is 14.1. The highest BCUT2D eigenvalue weighted by Gasteiger charge is 2.31. The molecule has 1 amide bonds. The molecule has 0 radical (unpaired) electrons. The minimum Gasteiger partial charge on any atom is -0.390 e. The van der Waals surface area contributed by atoms with Crippen LogP contribution in [0, 0.1) is 0 Å². The molecule has 9 nitrogen and oxygen atoms in total. The summed E-state index contributed by atoms with van der Waals surface area (Å²) < 4.78 is 23.3. The number of hydrogen-bond acceptors (Lipinski definition) is 6. The first kappa shape index (κ1) is 45.9. The largest absolute Gasteiger partial charge is 0.472 e. The molecule has 0 saturated heterocycles. The monoisotopic (exact) mass is 690 g/mol. The SMILES string of the molecule is CCCCC/C=C/CC/C=C/CCCC(O)C(O)C(COP(=O)(O)OCC[N+](C)(C)C)NC(=O)CCCCCCCCCCCCC. The average molecular weight is 690 g/mol. The molecule has 0 aromatic carbocycles. The Kier molecular flexibility index (Phi) is 29.1. The van der Waals surface area contributed by atoms with Gasteiger partial charge in [0.1, 0.15) is 19.3 Å². The van der Waals surface area contributed by atoms with Crippen LogP contribution in [0.15, 0.2) is 24.3 Å². The summed E-state index contributed by atoms with van der Waals surface area (Å²) in [6.45, 7) is 4.50. The molecule has 10 heteroatoms. The van der Waals surface area contributed by atoms with Crippen LogP contribution in [-0.2, 0) is 18.4 Å². The van der Waals surface area contributed by atoms with Crippen LogP contribution in [0.1, 0.15) is 149 Å². The van der Waals surface area contributed by atoms with Gasteiger partial charge in [-0.1, -0.05) is 115 Å². The standard InChI is InChI=1S/C37H73N2O7P/c1-6-8-10-12-14-16-18-20-21-23-25-27-29-35(40)37(42)34(33-46-47(43,44)45-32-31-39(3,4)5)38-36(41)30-28-26-24-22-19-17-15-13-11-9-7-2/h14,16,21,23,34-35,37,40,42H,6-13,15,17-20,22,24-33H2,1-5H3,(H-,38,41,43,44)/p+1/b16-14+,23-21+. The summed E-state index contributed by atoms with van der Waals surface area (Å²) in [6.07, 6.45) is 28.1. The number of carbonyl (C=O) groups excluding carboxylic acids is 1. The minimum atomic E-state index is -4.41. The summed E-state index contributed by atoms with van der Waals surface area (Å²) in [4.78, 5) is 23.0. The summed E-state index contributed by atoms with van der Waals surface area (Å²) in [5, 5.41) is 24.5. The number of allylic oxidation sites excluding steroid dienone is 4. The van der Waals surface area contributed by atoms with Crippen molar-refractivity contribution >= 4 is 13.7 Å². The molecule has 0 aliphatic carbocycles. The van der Waals surface area contributed by atoms with E-state index in [-0.39, 0.29) is 18.9 Å². The number of hydrogen-bond donors (Lipinski definition) is 4. The normalized spacial score (nSPS) is 15.7. The average Bonchev–Trinajstić information content (AvgIpc) is 3.01. The molecular weight excluding hydrogens is 615 g/mol. The van der Waals surface area contributed by atoms with Crippen LogP contribution in [0.3, 0.4) is 0 Å². The van der Waals surface area contributed by atoms with Crippen LogP contribution >= 0.6 is 7.82 Å². The van der Waals surface area contributed by atoms with Crippen LogP contribution in [-0.4, -0.2) is 84.6 Å². The number of nitrogens with zero attached hydrogens (tertiary/aromatic N) is 1. The molecule has 0 heterocycles. The fourth-order valence-corrected chi connectivity index (χ4v) is 5.89. The first-order chi connectivity index (χ1) is 22.4. The van der Waals surface area contributed by atoms with Crippen molar-refractivity contribution in [2.24, 2.45) is 0 Å². The smallest absolute Gasteiger partial charge is 0.390 e. The summed E-state index contributed by atoms with van der Waals surface area (Å²) in [5.41, 5.74) is 0. The van der Waals surface area contributed by atoms with Crippen LogP contribution in [0.2, 0.25) is 0 Å². The number of quaternary nitrogens is 1. The van der Waals surface area contributed by atoms with Gasteiger partial charge in [-0.3, -0.25) is 13.8 Å².